The minimum Gasteiger partial charge on any atom is -0.497 e. The van der Waals surface area contributed by atoms with Crippen molar-refractivity contribution in [2.45, 2.75) is 62.6 Å². The van der Waals surface area contributed by atoms with Crippen LogP contribution in [0.1, 0.15) is 44.6 Å². The van der Waals surface area contributed by atoms with E-state index in [1.165, 1.54) is 81.9 Å². The van der Waals surface area contributed by atoms with Gasteiger partial charge in [0.15, 0.2) is 11.5 Å². The molecular formula is C34H42FN3O8S. The number of rotatable bonds is 14. The van der Waals surface area contributed by atoms with Crippen LogP contribution in [0.3, 0.4) is 0 Å². The first-order valence-corrected chi connectivity index (χ1v) is 16.8. The van der Waals surface area contributed by atoms with Gasteiger partial charge in [0, 0.05) is 30.3 Å². The summed E-state index contributed by atoms with van der Waals surface area (Å²) >= 11 is 0. The Balaban J connectivity index is 1.79. The zero-order chi connectivity index (χ0) is 34.1. The highest BCUT2D eigenvalue weighted by Crippen LogP contribution is 2.38. The molecule has 1 unspecified atom stereocenters. The first kappa shape index (κ1) is 35.3. The molecule has 1 fully saturated rings. The van der Waals surface area contributed by atoms with Crippen molar-refractivity contribution in [2.75, 3.05) is 39.3 Å². The van der Waals surface area contributed by atoms with Gasteiger partial charge < -0.3 is 29.2 Å². The molecule has 3 aromatic carbocycles. The fourth-order valence-corrected chi connectivity index (χ4v) is 7.00. The van der Waals surface area contributed by atoms with E-state index >= 15 is 0 Å². The Morgan fingerprint density at radius 3 is 2.17 bits per heavy atom. The van der Waals surface area contributed by atoms with Gasteiger partial charge in [0.1, 0.15) is 29.9 Å². The predicted octanol–water partition coefficient (Wildman–Crippen LogP) is 4.92. The van der Waals surface area contributed by atoms with Crippen molar-refractivity contribution in [1.82, 2.24) is 10.2 Å². The van der Waals surface area contributed by atoms with Crippen molar-refractivity contribution in [3.8, 4) is 23.0 Å². The molecule has 13 heteroatoms. The third-order valence-electron chi connectivity index (χ3n) is 8.29. The van der Waals surface area contributed by atoms with Gasteiger partial charge >= 0.3 is 0 Å². The maximum absolute atomic E-state index is 14.9. The van der Waals surface area contributed by atoms with E-state index in [0.717, 1.165) is 36.4 Å². The number of anilines is 1. The van der Waals surface area contributed by atoms with E-state index in [1.807, 2.05) is 0 Å². The lowest BCUT2D eigenvalue weighted by Crippen LogP contribution is -2.53. The van der Waals surface area contributed by atoms with Gasteiger partial charge in [-0.2, -0.15) is 0 Å². The number of halogens is 1. The highest BCUT2D eigenvalue weighted by Gasteiger charge is 2.35. The molecule has 1 aliphatic rings. The Morgan fingerprint density at radius 1 is 0.872 bits per heavy atom. The summed E-state index contributed by atoms with van der Waals surface area (Å²) in [5.41, 5.74) is 0.187. The zero-order valence-corrected chi connectivity index (χ0v) is 28.1. The number of carbonyl (C=O) groups excluding carboxylic acids is 2. The number of nitrogens with one attached hydrogen (secondary N) is 1. The Morgan fingerprint density at radius 2 is 1.53 bits per heavy atom. The summed E-state index contributed by atoms with van der Waals surface area (Å²) in [7, 11) is 1.09. The molecule has 0 radical (unpaired) electrons. The molecule has 1 aliphatic carbocycles. The monoisotopic (exact) mass is 671 g/mol. The molecule has 0 heterocycles. The van der Waals surface area contributed by atoms with Gasteiger partial charge in [-0.15, -0.1) is 0 Å². The summed E-state index contributed by atoms with van der Waals surface area (Å²) in [6, 6.07) is 13.5. The molecule has 0 aromatic heterocycles. The van der Waals surface area contributed by atoms with Crippen LogP contribution >= 0.6 is 0 Å². The molecule has 3 aromatic rings. The second-order valence-corrected chi connectivity index (χ2v) is 13.1. The van der Waals surface area contributed by atoms with Crippen LogP contribution < -0.4 is 28.6 Å². The van der Waals surface area contributed by atoms with Crippen molar-refractivity contribution in [2.24, 2.45) is 0 Å². The molecule has 11 nitrogen and oxygen atoms in total. The van der Waals surface area contributed by atoms with E-state index in [1.54, 1.807) is 19.1 Å². The molecule has 1 atom stereocenters. The third kappa shape index (κ3) is 8.26. The van der Waals surface area contributed by atoms with Crippen LogP contribution in [0.5, 0.6) is 23.0 Å². The molecule has 0 saturated heterocycles. The standard InChI is InChI=1S/C34H42FN3O8S/c1-23(34(40)36-25-12-7-6-8-13-25)37(21-24-11-9-10-14-28(24)35)33(39)22-38(29-19-26(43-2)15-17-30(29)44-3)47(41,42)27-16-18-31(45-4)32(20-27)46-5/h9-11,14-20,23,25H,6-8,12-13,21-22H2,1-5H3,(H,36,40). The van der Waals surface area contributed by atoms with E-state index in [4.69, 9.17) is 18.9 Å². The molecule has 2 amide bonds. The van der Waals surface area contributed by atoms with Gasteiger partial charge in [-0.3, -0.25) is 13.9 Å². The van der Waals surface area contributed by atoms with Crippen LogP contribution in [0.4, 0.5) is 10.1 Å². The smallest absolute Gasteiger partial charge is 0.265 e. The number of amides is 2. The average molecular weight is 672 g/mol. The lowest BCUT2D eigenvalue weighted by Gasteiger charge is -2.33. The highest BCUT2D eigenvalue weighted by molar-refractivity contribution is 7.92. The molecule has 1 saturated carbocycles. The number of benzene rings is 3. The van der Waals surface area contributed by atoms with Crippen molar-refractivity contribution in [3.05, 3.63) is 72.0 Å². The molecule has 0 aliphatic heterocycles. The molecule has 47 heavy (non-hydrogen) atoms. The summed E-state index contributed by atoms with van der Waals surface area (Å²) < 4.78 is 66.2. The van der Waals surface area contributed by atoms with Gasteiger partial charge in [0.05, 0.1) is 39.0 Å². The van der Waals surface area contributed by atoms with Gasteiger partial charge in [-0.05, 0) is 50.1 Å². The van der Waals surface area contributed by atoms with E-state index in [0.29, 0.717) is 11.5 Å². The number of carbonyl (C=O) groups is 2. The highest BCUT2D eigenvalue weighted by atomic mass is 32.2. The van der Waals surface area contributed by atoms with E-state index in [9.17, 15) is 22.4 Å². The van der Waals surface area contributed by atoms with E-state index in [2.05, 4.69) is 5.32 Å². The topological polar surface area (TPSA) is 124 Å². The van der Waals surface area contributed by atoms with Crippen molar-refractivity contribution < 1.29 is 41.3 Å². The molecule has 0 bridgehead atoms. The third-order valence-corrected chi connectivity index (χ3v) is 10.0. The van der Waals surface area contributed by atoms with Gasteiger partial charge in [0.2, 0.25) is 11.8 Å². The second-order valence-electron chi connectivity index (χ2n) is 11.2. The van der Waals surface area contributed by atoms with Crippen LogP contribution in [-0.2, 0) is 26.2 Å². The molecular weight excluding hydrogens is 629 g/mol. The van der Waals surface area contributed by atoms with Crippen LogP contribution in [0, 0.1) is 5.82 Å². The lowest BCUT2D eigenvalue weighted by molar-refractivity contribution is -0.139. The first-order chi connectivity index (χ1) is 22.5. The zero-order valence-electron chi connectivity index (χ0n) is 27.3. The normalized spacial score (nSPS) is 14.1. The number of ether oxygens (including phenoxy) is 4. The number of methoxy groups -OCH3 is 4. The molecule has 1 N–H and O–H groups in total. The fraction of sp³-hybridized carbons (Fsp3) is 0.412. The molecule has 4 rings (SSSR count). The summed E-state index contributed by atoms with van der Waals surface area (Å²) in [6.07, 6.45) is 4.72. The summed E-state index contributed by atoms with van der Waals surface area (Å²) in [5, 5.41) is 3.03. The van der Waals surface area contributed by atoms with E-state index < -0.39 is 40.2 Å². The van der Waals surface area contributed by atoms with Crippen molar-refractivity contribution in [3.63, 3.8) is 0 Å². The summed E-state index contributed by atoms with van der Waals surface area (Å²) in [4.78, 5) is 28.9. The van der Waals surface area contributed by atoms with Gasteiger partial charge in [0.25, 0.3) is 10.0 Å². The van der Waals surface area contributed by atoms with Gasteiger partial charge in [-0.25, -0.2) is 12.8 Å². The second kappa shape index (κ2) is 15.9. The average Bonchev–Trinajstić information content (AvgIpc) is 3.09. The fourth-order valence-electron chi connectivity index (χ4n) is 5.57. The minimum atomic E-state index is -4.51. The lowest BCUT2D eigenvalue weighted by atomic mass is 9.95. The Hall–Kier alpha value is -4.52. The maximum atomic E-state index is 14.9. The van der Waals surface area contributed by atoms with Crippen LogP contribution in [0.25, 0.3) is 0 Å². The summed E-state index contributed by atoms with van der Waals surface area (Å²) in [6.45, 7) is 0.524. The number of hydrogen-bond acceptors (Lipinski definition) is 8. The Labute approximate surface area is 275 Å². The van der Waals surface area contributed by atoms with Crippen LogP contribution in [0.15, 0.2) is 65.6 Å². The molecule has 254 valence electrons. The Kier molecular flexibility index (Phi) is 11.9. The predicted molar refractivity (Wildman–Crippen MR) is 175 cm³/mol. The largest absolute Gasteiger partial charge is 0.497 e. The van der Waals surface area contributed by atoms with Crippen LogP contribution in [-0.4, -0.2) is 72.2 Å². The minimum absolute atomic E-state index is 0.0140. The van der Waals surface area contributed by atoms with Crippen molar-refractivity contribution in [1.29, 1.82) is 0 Å². The van der Waals surface area contributed by atoms with Gasteiger partial charge in [-0.1, -0.05) is 37.5 Å². The Bertz CT molecular complexity index is 1660. The molecule has 0 spiro atoms. The van der Waals surface area contributed by atoms with Crippen molar-refractivity contribution >= 4 is 27.5 Å². The number of nitrogens with zero attached hydrogens (tertiary/aromatic N) is 2. The number of hydrogen-bond donors (Lipinski definition) is 1. The SMILES string of the molecule is COc1ccc(OC)c(N(CC(=O)N(Cc2ccccc2F)C(C)C(=O)NC2CCCCC2)S(=O)(=O)c2ccc(OC)c(OC)c2)c1. The summed E-state index contributed by atoms with van der Waals surface area (Å²) in [5.74, 6) is -0.790. The maximum Gasteiger partial charge on any atom is 0.265 e. The number of sulfonamides is 1. The van der Waals surface area contributed by atoms with E-state index in [-0.39, 0.29) is 40.2 Å². The quantitative estimate of drug-likeness (QED) is 0.256. The first-order valence-electron chi connectivity index (χ1n) is 15.3. The van der Waals surface area contributed by atoms with Crippen LogP contribution in [0.2, 0.25) is 0 Å².